The number of nitrogens with zero attached hydrogens (tertiary/aromatic N) is 1. The molecule has 0 bridgehead atoms. The molecule has 2 aliphatic rings. The predicted molar refractivity (Wildman–Crippen MR) is 73.0 cm³/mol. The van der Waals surface area contributed by atoms with Gasteiger partial charge in [-0.15, -0.1) is 0 Å². The predicted octanol–water partition coefficient (Wildman–Crippen LogP) is 1.17. The van der Waals surface area contributed by atoms with Crippen molar-refractivity contribution in [3.05, 3.63) is 29.8 Å². The summed E-state index contributed by atoms with van der Waals surface area (Å²) >= 11 is 0. The molecule has 0 aromatic heterocycles. The second-order valence-electron chi connectivity index (χ2n) is 5.40. The first kappa shape index (κ1) is 13.4. The molecule has 2 unspecified atom stereocenters. The number of ether oxygens (including phenoxy) is 2. The van der Waals surface area contributed by atoms with E-state index in [1.54, 1.807) is 0 Å². The van der Waals surface area contributed by atoms with Crippen LogP contribution in [0, 0.1) is 0 Å². The number of morpholine rings is 1. The van der Waals surface area contributed by atoms with Gasteiger partial charge in [-0.3, -0.25) is 9.69 Å². The lowest BCUT2D eigenvalue weighted by atomic mass is 10.1. The van der Waals surface area contributed by atoms with Gasteiger partial charge in [0.05, 0.1) is 19.1 Å². The van der Waals surface area contributed by atoms with Crippen molar-refractivity contribution in [1.29, 1.82) is 0 Å². The minimum absolute atomic E-state index is 0.0717. The molecule has 0 spiro atoms. The molecule has 2 heterocycles. The Morgan fingerprint density at radius 3 is 3.00 bits per heavy atom. The van der Waals surface area contributed by atoms with Crippen molar-refractivity contribution in [3.63, 3.8) is 0 Å². The van der Waals surface area contributed by atoms with E-state index in [2.05, 4.69) is 11.0 Å². The Hall–Kier alpha value is -1.59. The highest BCUT2D eigenvalue weighted by atomic mass is 16.5. The van der Waals surface area contributed by atoms with Crippen molar-refractivity contribution in [1.82, 2.24) is 4.90 Å². The first-order valence-electron chi connectivity index (χ1n) is 7.01. The molecule has 0 aliphatic carbocycles. The van der Waals surface area contributed by atoms with Crippen molar-refractivity contribution in [3.8, 4) is 5.75 Å². The van der Waals surface area contributed by atoms with E-state index in [9.17, 15) is 4.79 Å². The van der Waals surface area contributed by atoms with Crippen LogP contribution in [0.25, 0.3) is 0 Å². The molecule has 1 aromatic rings. The number of carbonyl (C=O) groups is 1. The number of rotatable bonds is 4. The van der Waals surface area contributed by atoms with Gasteiger partial charge in [-0.2, -0.15) is 0 Å². The van der Waals surface area contributed by atoms with E-state index in [0.717, 1.165) is 25.3 Å². The van der Waals surface area contributed by atoms with Crippen LogP contribution in [0.15, 0.2) is 24.3 Å². The van der Waals surface area contributed by atoms with Gasteiger partial charge >= 0.3 is 5.97 Å². The van der Waals surface area contributed by atoms with Crippen LogP contribution in [-0.2, 0) is 16.0 Å². The maximum atomic E-state index is 10.7. The zero-order valence-electron chi connectivity index (χ0n) is 11.3. The number of aliphatic carboxylic acids is 1. The molecule has 3 rings (SSSR count). The number of benzene rings is 1. The summed E-state index contributed by atoms with van der Waals surface area (Å²) in [6, 6.07) is 8.12. The number of carboxylic acids is 1. The SMILES string of the molecule is O=C(O)CC1CN(CC2Cc3ccccc3O2)CCO1. The molecule has 1 aromatic carbocycles. The van der Waals surface area contributed by atoms with Gasteiger partial charge in [0.15, 0.2) is 0 Å². The quantitative estimate of drug-likeness (QED) is 0.895. The molecule has 2 atom stereocenters. The van der Waals surface area contributed by atoms with Gasteiger partial charge in [-0.05, 0) is 11.6 Å². The average molecular weight is 277 g/mol. The van der Waals surface area contributed by atoms with Crippen molar-refractivity contribution in [2.75, 3.05) is 26.2 Å². The molecule has 2 aliphatic heterocycles. The summed E-state index contributed by atoms with van der Waals surface area (Å²) < 4.78 is 11.4. The standard InChI is InChI=1S/C15H19NO4/c17-15(18)8-12-9-16(5-6-19-12)10-13-7-11-3-1-2-4-14(11)20-13/h1-4,12-13H,5-10H2,(H,17,18). The van der Waals surface area contributed by atoms with Crippen LogP contribution in [0.2, 0.25) is 0 Å². The van der Waals surface area contributed by atoms with E-state index < -0.39 is 5.97 Å². The second-order valence-corrected chi connectivity index (χ2v) is 5.40. The molecule has 1 fully saturated rings. The maximum Gasteiger partial charge on any atom is 0.306 e. The first-order valence-corrected chi connectivity index (χ1v) is 7.01. The van der Waals surface area contributed by atoms with Gasteiger partial charge in [0, 0.05) is 26.1 Å². The van der Waals surface area contributed by atoms with Crippen LogP contribution in [0.1, 0.15) is 12.0 Å². The molecule has 0 radical (unpaired) electrons. The molecule has 0 saturated carbocycles. The van der Waals surface area contributed by atoms with Crippen LogP contribution in [0.4, 0.5) is 0 Å². The number of fused-ring (bicyclic) bond motifs is 1. The zero-order valence-corrected chi connectivity index (χ0v) is 11.3. The van der Waals surface area contributed by atoms with Crippen LogP contribution in [0.3, 0.4) is 0 Å². The lowest BCUT2D eigenvalue weighted by Crippen LogP contribution is -2.46. The third-order valence-electron chi connectivity index (χ3n) is 3.80. The summed E-state index contributed by atoms with van der Waals surface area (Å²) in [7, 11) is 0. The summed E-state index contributed by atoms with van der Waals surface area (Å²) in [5, 5.41) is 8.83. The van der Waals surface area contributed by atoms with Gasteiger partial charge in [0.2, 0.25) is 0 Å². The minimum Gasteiger partial charge on any atom is -0.488 e. The highest BCUT2D eigenvalue weighted by Gasteiger charge is 2.28. The topological polar surface area (TPSA) is 59.0 Å². The molecule has 108 valence electrons. The van der Waals surface area contributed by atoms with Crippen LogP contribution in [0.5, 0.6) is 5.75 Å². The Balaban J connectivity index is 1.53. The molecule has 0 amide bonds. The average Bonchev–Trinajstić information content (AvgIpc) is 2.80. The molecule has 5 nitrogen and oxygen atoms in total. The largest absolute Gasteiger partial charge is 0.488 e. The molecule has 1 N–H and O–H groups in total. The second kappa shape index (κ2) is 5.81. The molecular weight excluding hydrogens is 258 g/mol. The van der Waals surface area contributed by atoms with Crippen molar-refractivity contribution in [2.24, 2.45) is 0 Å². The lowest BCUT2D eigenvalue weighted by molar-refractivity contribution is -0.142. The minimum atomic E-state index is -0.804. The normalized spacial score (nSPS) is 26.0. The Kier molecular flexibility index (Phi) is 3.89. The van der Waals surface area contributed by atoms with Crippen molar-refractivity contribution >= 4 is 5.97 Å². The zero-order chi connectivity index (χ0) is 13.9. The number of para-hydroxylation sites is 1. The number of hydrogen-bond donors (Lipinski definition) is 1. The summed E-state index contributed by atoms with van der Waals surface area (Å²) in [4.78, 5) is 13.0. The Labute approximate surface area is 118 Å². The Morgan fingerprint density at radius 2 is 2.20 bits per heavy atom. The van der Waals surface area contributed by atoms with E-state index in [-0.39, 0.29) is 18.6 Å². The van der Waals surface area contributed by atoms with E-state index in [1.165, 1.54) is 5.56 Å². The molecule has 20 heavy (non-hydrogen) atoms. The van der Waals surface area contributed by atoms with Gasteiger partial charge in [0.25, 0.3) is 0 Å². The van der Waals surface area contributed by atoms with Gasteiger partial charge in [-0.1, -0.05) is 18.2 Å². The first-order chi connectivity index (χ1) is 9.70. The van der Waals surface area contributed by atoms with Crippen molar-refractivity contribution in [2.45, 2.75) is 25.0 Å². The Morgan fingerprint density at radius 1 is 1.35 bits per heavy atom. The number of hydrogen-bond acceptors (Lipinski definition) is 4. The smallest absolute Gasteiger partial charge is 0.306 e. The maximum absolute atomic E-state index is 10.7. The lowest BCUT2D eigenvalue weighted by Gasteiger charge is -2.33. The van der Waals surface area contributed by atoms with Gasteiger partial charge in [0.1, 0.15) is 11.9 Å². The molecular formula is C15H19NO4. The molecule has 1 saturated heterocycles. The highest BCUT2D eigenvalue weighted by Crippen LogP contribution is 2.28. The van der Waals surface area contributed by atoms with Crippen LogP contribution < -0.4 is 4.74 Å². The fraction of sp³-hybridized carbons (Fsp3) is 0.533. The van der Waals surface area contributed by atoms with Gasteiger partial charge < -0.3 is 14.6 Å². The van der Waals surface area contributed by atoms with E-state index in [1.807, 2.05) is 18.2 Å². The Bertz CT molecular complexity index is 466. The summed E-state index contributed by atoms with van der Waals surface area (Å²) in [5.74, 6) is 0.175. The summed E-state index contributed by atoms with van der Waals surface area (Å²) in [6.45, 7) is 2.93. The van der Waals surface area contributed by atoms with E-state index in [4.69, 9.17) is 14.6 Å². The van der Waals surface area contributed by atoms with Gasteiger partial charge in [-0.25, -0.2) is 0 Å². The van der Waals surface area contributed by atoms with E-state index in [0.29, 0.717) is 13.2 Å². The highest BCUT2D eigenvalue weighted by molar-refractivity contribution is 5.67. The van der Waals surface area contributed by atoms with Crippen LogP contribution in [-0.4, -0.2) is 54.4 Å². The molecule has 5 heteroatoms. The number of carboxylic acid groups (broad SMARTS) is 1. The fourth-order valence-electron chi connectivity index (χ4n) is 2.91. The third kappa shape index (κ3) is 3.11. The van der Waals surface area contributed by atoms with Crippen molar-refractivity contribution < 1.29 is 19.4 Å². The summed E-state index contributed by atoms with van der Waals surface area (Å²) in [5.41, 5.74) is 1.26. The van der Waals surface area contributed by atoms with E-state index >= 15 is 0 Å². The fourth-order valence-corrected chi connectivity index (χ4v) is 2.91. The third-order valence-corrected chi connectivity index (χ3v) is 3.80. The van der Waals surface area contributed by atoms with Crippen LogP contribution >= 0.6 is 0 Å². The summed E-state index contributed by atoms with van der Waals surface area (Å²) in [6.07, 6.45) is 0.959. The monoisotopic (exact) mass is 277 g/mol.